The first kappa shape index (κ1) is 9.48. The number of hydrogen-bond donors (Lipinski definition) is 1. The molecule has 1 N–H and O–H groups in total. The van der Waals surface area contributed by atoms with Crippen LogP contribution in [0.1, 0.15) is 0 Å². The van der Waals surface area contributed by atoms with Crippen LogP contribution in [0.5, 0.6) is 0 Å². The molecule has 0 aliphatic carbocycles. The summed E-state index contributed by atoms with van der Waals surface area (Å²) in [6.45, 7) is -0.0124. The SMILES string of the molecule is OCCSc1ccc(F)cc1F. The van der Waals surface area contributed by atoms with Crippen molar-refractivity contribution in [3.63, 3.8) is 0 Å². The number of aliphatic hydroxyl groups is 1. The number of halogens is 2. The molecule has 66 valence electrons. The molecule has 0 radical (unpaired) electrons. The molecular formula is C8H8F2OS. The lowest BCUT2D eigenvalue weighted by molar-refractivity contribution is 0.322. The monoisotopic (exact) mass is 190 g/mol. The molecule has 0 bridgehead atoms. The fourth-order valence-electron chi connectivity index (χ4n) is 0.748. The molecule has 0 spiro atoms. The van der Waals surface area contributed by atoms with Gasteiger partial charge in [0.15, 0.2) is 0 Å². The summed E-state index contributed by atoms with van der Waals surface area (Å²) in [5.41, 5.74) is 0. The highest BCUT2D eigenvalue weighted by Gasteiger charge is 2.02. The second kappa shape index (κ2) is 4.42. The van der Waals surface area contributed by atoms with E-state index in [1.165, 1.54) is 12.1 Å². The fourth-order valence-corrected chi connectivity index (χ4v) is 1.42. The van der Waals surface area contributed by atoms with Crippen molar-refractivity contribution < 1.29 is 13.9 Å². The topological polar surface area (TPSA) is 20.2 Å². The molecule has 0 heterocycles. The normalized spacial score (nSPS) is 10.2. The maximum atomic E-state index is 12.8. The van der Waals surface area contributed by atoms with Gasteiger partial charge in [-0.25, -0.2) is 8.78 Å². The van der Waals surface area contributed by atoms with Gasteiger partial charge in [-0.15, -0.1) is 11.8 Å². The maximum Gasteiger partial charge on any atom is 0.139 e. The first-order chi connectivity index (χ1) is 5.74. The summed E-state index contributed by atoms with van der Waals surface area (Å²) in [5.74, 6) is -0.739. The van der Waals surface area contributed by atoms with E-state index < -0.39 is 11.6 Å². The van der Waals surface area contributed by atoms with Crippen LogP contribution in [0.15, 0.2) is 23.1 Å². The van der Waals surface area contributed by atoms with Gasteiger partial charge in [-0.2, -0.15) is 0 Å². The average Bonchev–Trinajstić information content (AvgIpc) is 2.03. The average molecular weight is 190 g/mol. The van der Waals surface area contributed by atoms with Gasteiger partial charge in [0, 0.05) is 16.7 Å². The van der Waals surface area contributed by atoms with E-state index in [0.29, 0.717) is 10.6 Å². The van der Waals surface area contributed by atoms with Crippen molar-refractivity contribution in [2.75, 3.05) is 12.4 Å². The maximum absolute atomic E-state index is 12.8. The van der Waals surface area contributed by atoms with Crippen molar-refractivity contribution in [3.8, 4) is 0 Å². The third-order valence-electron chi connectivity index (χ3n) is 1.24. The molecule has 0 aliphatic heterocycles. The van der Waals surface area contributed by atoms with E-state index in [1.807, 2.05) is 0 Å². The molecule has 0 saturated heterocycles. The molecule has 0 aliphatic rings. The molecule has 1 aromatic carbocycles. The predicted octanol–water partition coefficient (Wildman–Crippen LogP) is 2.05. The van der Waals surface area contributed by atoms with Crippen LogP contribution < -0.4 is 0 Å². The lowest BCUT2D eigenvalue weighted by Gasteiger charge is -2.00. The molecular weight excluding hydrogens is 182 g/mol. The molecule has 0 amide bonds. The summed E-state index contributed by atoms with van der Waals surface area (Å²) in [6, 6.07) is 3.40. The Balaban J connectivity index is 2.72. The van der Waals surface area contributed by atoms with Crippen LogP contribution in [0.3, 0.4) is 0 Å². The minimum atomic E-state index is -0.583. The quantitative estimate of drug-likeness (QED) is 0.736. The predicted molar refractivity (Wildman–Crippen MR) is 44.2 cm³/mol. The second-order valence-corrected chi connectivity index (χ2v) is 3.28. The van der Waals surface area contributed by atoms with Crippen molar-refractivity contribution in [2.45, 2.75) is 4.90 Å². The van der Waals surface area contributed by atoms with Crippen molar-refractivity contribution in [1.29, 1.82) is 0 Å². The number of hydrogen-bond acceptors (Lipinski definition) is 2. The third kappa shape index (κ3) is 2.46. The van der Waals surface area contributed by atoms with Crippen LogP contribution in [-0.2, 0) is 0 Å². The highest BCUT2D eigenvalue weighted by molar-refractivity contribution is 7.99. The molecule has 1 aromatic rings. The number of rotatable bonds is 3. The number of aliphatic hydroxyl groups excluding tert-OH is 1. The molecule has 12 heavy (non-hydrogen) atoms. The van der Waals surface area contributed by atoms with Gasteiger partial charge in [0.05, 0.1) is 6.61 Å². The van der Waals surface area contributed by atoms with Gasteiger partial charge < -0.3 is 5.11 Å². The summed E-state index contributed by atoms with van der Waals surface area (Å²) in [4.78, 5) is 0.366. The summed E-state index contributed by atoms with van der Waals surface area (Å²) in [5, 5.41) is 8.46. The lowest BCUT2D eigenvalue weighted by atomic mass is 10.3. The zero-order chi connectivity index (χ0) is 8.97. The smallest absolute Gasteiger partial charge is 0.139 e. The summed E-state index contributed by atoms with van der Waals surface area (Å²) >= 11 is 1.16. The van der Waals surface area contributed by atoms with Crippen molar-refractivity contribution in [2.24, 2.45) is 0 Å². The van der Waals surface area contributed by atoms with Crippen LogP contribution in [0, 0.1) is 11.6 Å². The number of benzene rings is 1. The van der Waals surface area contributed by atoms with E-state index in [4.69, 9.17) is 5.11 Å². The van der Waals surface area contributed by atoms with Gasteiger partial charge in [-0.05, 0) is 12.1 Å². The van der Waals surface area contributed by atoms with Crippen LogP contribution in [-0.4, -0.2) is 17.5 Å². The Bertz CT molecular complexity index is 265. The molecule has 0 saturated carbocycles. The Hall–Kier alpha value is -0.610. The van der Waals surface area contributed by atoms with Gasteiger partial charge in [0.25, 0.3) is 0 Å². The zero-order valence-corrected chi connectivity index (χ0v) is 7.07. The molecule has 0 unspecified atom stereocenters. The minimum Gasteiger partial charge on any atom is -0.396 e. The van der Waals surface area contributed by atoms with E-state index in [2.05, 4.69) is 0 Å². The lowest BCUT2D eigenvalue weighted by Crippen LogP contribution is -1.88. The Morgan fingerprint density at radius 3 is 2.67 bits per heavy atom. The van der Waals surface area contributed by atoms with Gasteiger partial charge in [-0.1, -0.05) is 0 Å². The fraction of sp³-hybridized carbons (Fsp3) is 0.250. The number of thioether (sulfide) groups is 1. The molecule has 1 nitrogen and oxygen atoms in total. The standard InChI is InChI=1S/C8H8F2OS/c9-6-1-2-8(7(10)5-6)12-4-3-11/h1-2,5,11H,3-4H2. The van der Waals surface area contributed by atoms with E-state index >= 15 is 0 Å². The van der Waals surface area contributed by atoms with Crippen molar-refractivity contribution >= 4 is 11.8 Å². The second-order valence-electron chi connectivity index (χ2n) is 2.15. The summed E-state index contributed by atoms with van der Waals surface area (Å²) < 4.78 is 25.2. The van der Waals surface area contributed by atoms with Gasteiger partial charge in [-0.3, -0.25) is 0 Å². The van der Waals surface area contributed by atoms with Gasteiger partial charge in [0.2, 0.25) is 0 Å². The molecule has 0 fully saturated rings. The largest absolute Gasteiger partial charge is 0.396 e. The third-order valence-corrected chi connectivity index (χ3v) is 2.27. The first-order valence-corrected chi connectivity index (χ1v) is 4.41. The Kier molecular flexibility index (Phi) is 3.49. The van der Waals surface area contributed by atoms with E-state index in [0.717, 1.165) is 17.8 Å². The van der Waals surface area contributed by atoms with E-state index in [9.17, 15) is 8.78 Å². The van der Waals surface area contributed by atoms with Crippen LogP contribution in [0.25, 0.3) is 0 Å². The first-order valence-electron chi connectivity index (χ1n) is 3.43. The molecule has 1 rings (SSSR count). The summed E-state index contributed by atoms with van der Waals surface area (Å²) in [7, 11) is 0. The molecule has 0 aromatic heterocycles. The highest BCUT2D eigenvalue weighted by atomic mass is 32.2. The Labute approximate surface area is 73.4 Å². The zero-order valence-electron chi connectivity index (χ0n) is 6.26. The Morgan fingerprint density at radius 2 is 2.08 bits per heavy atom. The van der Waals surface area contributed by atoms with Crippen LogP contribution >= 0.6 is 11.8 Å². The van der Waals surface area contributed by atoms with E-state index in [1.54, 1.807) is 0 Å². The van der Waals surface area contributed by atoms with E-state index in [-0.39, 0.29) is 6.61 Å². The molecule has 4 heteroatoms. The summed E-state index contributed by atoms with van der Waals surface area (Å²) in [6.07, 6.45) is 0. The minimum absolute atomic E-state index is 0.0124. The van der Waals surface area contributed by atoms with Crippen LogP contribution in [0.2, 0.25) is 0 Å². The van der Waals surface area contributed by atoms with Gasteiger partial charge in [0.1, 0.15) is 11.6 Å². The van der Waals surface area contributed by atoms with Gasteiger partial charge >= 0.3 is 0 Å². The molecule has 0 atom stereocenters. The van der Waals surface area contributed by atoms with Crippen LogP contribution in [0.4, 0.5) is 8.78 Å². The van der Waals surface area contributed by atoms with Crippen molar-refractivity contribution in [1.82, 2.24) is 0 Å². The van der Waals surface area contributed by atoms with Crippen molar-refractivity contribution in [3.05, 3.63) is 29.8 Å². The Morgan fingerprint density at radius 1 is 1.33 bits per heavy atom. The highest BCUT2D eigenvalue weighted by Crippen LogP contribution is 2.21.